The molecule has 0 spiro atoms. The Hall–Kier alpha value is -2.72. The maximum Gasteiger partial charge on any atom is 0.238 e. The lowest BCUT2D eigenvalue weighted by atomic mass is 9.69. The molecule has 154 valence electrons. The monoisotopic (exact) mass is 400 g/mol. The summed E-state index contributed by atoms with van der Waals surface area (Å²) < 4.78 is 0. The number of rotatable bonds is 5. The third-order valence-corrected chi connectivity index (χ3v) is 6.95. The van der Waals surface area contributed by atoms with Crippen LogP contribution in [0.15, 0.2) is 71.8 Å². The molecule has 3 atom stereocenters. The molecule has 1 fully saturated rings. The Kier molecular flexibility index (Phi) is 5.03. The average molecular weight is 401 g/mol. The van der Waals surface area contributed by atoms with Crippen LogP contribution in [0, 0.1) is 17.8 Å². The van der Waals surface area contributed by atoms with Gasteiger partial charge in [0.05, 0.1) is 17.5 Å². The molecule has 0 saturated carbocycles. The maximum absolute atomic E-state index is 13.5. The van der Waals surface area contributed by atoms with Crippen LogP contribution in [0.3, 0.4) is 0 Å². The fourth-order valence-electron chi connectivity index (χ4n) is 5.70. The smallest absolute Gasteiger partial charge is 0.238 e. The van der Waals surface area contributed by atoms with Crippen molar-refractivity contribution in [1.82, 2.24) is 4.90 Å². The number of hydrogen-bond donors (Lipinski definition) is 0. The van der Waals surface area contributed by atoms with E-state index in [4.69, 9.17) is 0 Å². The largest absolute Gasteiger partial charge is 0.291 e. The van der Waals surface area contributed by atoms with Gasteiger partial charge in [0.15, 0.2) is 0 Å². The molecule has 2 aromatic rings. The standard InChI is InChI=1S/C26H28N2O2/c1-2-9-21-23-17-27(15-18-10-5-3-6-11-18)16-19(23)14-22-24(21)26(30)28(25(22)29)20-12-7-4-8-13-20/h3-8,10-13,21-22,24H,2,9,14-17H2,1H3/t21-,22+,24-/m0/s1. The van der Waals surface area contributed by atoms with Crippen molar-refractivity contribution in [3.05, 3.63) is 77.4 Å². The van der Waals surface area contributed by atoms with E-state index in [-0.39, 0.29) is 29.6 Å². The SMILES string of the molecule is CCC[C@H]1C2=C(C[C@H]3C(=O)N(c4ccccc4)C(=O)[C@H]31)CN(Cc1ccccc1)C2. The van der Waals surface area contributed by atoms with E-state index in [0.717, 1.165) is 38.9 Å². The number of hydrogen-bond acceptors (Lipinski definition) is 3. The molecule has 1 saturated heterocycles. The van der Waals surface area contributed by atoms with Gasteiger partial charge < -0.3 is 0 Å². The Morgan fingerprint density at radius 3 is 2.30 bits per heavy atom. The van der Waals surface area contributed by atoms with E-state index < -0.39 is 0 Å². The summed E-state index contributed by atoms with van der Waals surface area (Å²) in [6, 6.07) is 20.0. The number of imide groups is 1. The minimum atomic E-state index is -0.204. The van der Waals surface area contributed by atoms with Gasteiger partial charge in [0.25, 0.3) is 0 Å². The van der Waals surface area contributed by atoms with Gasteiger partial charge >= 0.3 is 0 Å². The van der Waals surface area contributed by atoms with Gasteiger partial charge in [-0.25, -0.2) is 0 Å². The first-order chi connectivity index (χ1) is 14.7. The zero-order valence-electron chi connectivity index (χ0n) is 17.5. The highest BCUT2D eigenvalue weighted by atomic mass is 16.2. The van der Waals surface area contributed by atoms with Crippen molar-refractivity contribution in [2.24, 2.45) is 17.8 Å². The number of fused-ring (bicyclic) bond motifs is 1. The summed E-state index contributed by atoms with van der Waals surface area (Å²) in [5, 5.41) is 0. The lowest BCUT2D eigenvalue weighted by Crippen LogP contribution is -2.34. The fraction of sp³-hybridized carbons (Fsp3) is 0.385. The van der Waals surface area contributed by atoms with Gasteiger partial charge in [0, 0.05) is 19.6 Å². The molecule has 3 aliphatic rings. The highest BCUT2D eigenvalue weighted by Gasteiger charge is 2.55. The zero-order chi connectivity index (χ0) is 20.7. The Morgan fingerprint density at radius 2 is 1.60 bits per heavy atom. The van der Waals surface area contributed by atoms with Crippen molar-refractivity contribution >= 4 is 17.5 Å². The number of amides is 2. The molecule has 0 bridgehead atoms. The van der Waals surface area contributed by atoms with E-state index >= 15 is 0 Å². The van der Waals surface area contributed by atoms with E-state index in [9.17, 15) is 9.59 Å². The number of benzene rings is 2. The summed E-state index contributed by atoms with van der Waals surface area (Å²) in [7, 11) is 0. The third-order valence-electron chi connectivity index (χ3n) is 6.95. The predicted octanol–water partition coefficient (Wildman–Crippen LogP) is 4.42. The van der Waals surface area contributed by atoms with Crippen LogP contribution in [0.2, 0.25) is 0 Å². The second-order valence-electron chi connectivity index (χ2n) is 8.84. The Morgan fingerprint density at radius 1 is 0.900 bits per heavy atom. The number of carbonyl (C=O) groups excluding carboxylic acids is 2. The first kappa shape index (κ1) is 19.3. The number of nitrogens with zero attached hydrogens (tertiary/aromatic N) is 2. The van der Waals surface area contributed by atoms with Crippen molar-refractivity contribution in [2.45, 2.75) is 32.7 Å². The predicted molar refractivity (Wildman–Crippen MR) is 118 cm³/mol. The molecule has 2 amide bonds. The summed E-state index contributed by atoms with van der Waals surface area (Å²) in [4.78, 5) is 30.7. The van der Waals surface area contributed by atoms with Crippen LogP contribution in [0.25, 0.3) is 0 Å². The molecule has 0 unspecified atom stereocenters. The second kappa shape index (κ2) is 7.84. The van der Waals surface area contributed by atoms with Crippen LogP contribution in [0.4, 0.5) is 5.69 Å². The van der Waals surface area contributed by atoms with Crippen molar-refractivity contribution in [3.63, 3.8) is 0 Å². The first-order valence-electron chi connectivity index (χ1n) is 11.1. The molecule has 2 heterocycles. The first-order valence-corrected chi connectivity index (χ1v) is 11.1. The molecule has 0 radical (unpaired) electrons. The third kappa shape index (κ3) is 3.20. The van der Waals surface area contributed by atoms with Crippen molar-refractivity contribution in [3.8, 4) is 0 Å². The lowest BCUT2D eigenvalue weighted by Gasteiger charge is -2.32. The van der Waals surface area contributed by atoms with Crippen LogP contribution in [0.5, 0.6) is 0 Å². The van der Waals surface area contributed by atoms with Crippen LogP contribution in [-0.4, -0.2) is 29.8 Å². The van der Waals surface area contributed by atoms with Crippen molar-refractivity contribution in [1.29, 1.82) is 0 Å². The van der Waals surface area contributed by atoms with Gasteiger partial charge in [-0.3, -0.25) is 19.4 Å². The van der Waals surface area contributed by atoms with Gasteiger partial charge in [0.2, 0.25) is 11.8 Å². The Bertz CT molecular complexity index is 983. The van der Waals surface area contributed by atoms with Gasteiger partial charge in [-0.05, 0) is 36.5 Å². The topological polar surface area (TPSA) is 40.6 Å². The quantitative estimate of drug-likeness (QED) is 0.551. The van der Waals surface area contributed by atoms with E-state index in [2.05, 4.69) is 36.1 Å². The fourth-order valence-corrected chi connectivity index (χ4v) is 5.70. The summed E-state index contributed by atoms with van der Waals surface area (Å²) in [5.41, 5.74) is 4.86. The van der Waals surface area contributed by atoms with Gasteiger partial charge in [-0.1, -0.05) is 73.0 Å². The van der Waals surface area contributed by atoms with E-state index in [1.165, 1.54) is 21.6 Å². The highest BCUT2D eigenvalue weighted by molar-refractivity contribution is 6.22. The Labute approximate surface area is 178 Å². The second-order valence-corrected chi connectivity index (χ2v) is 8.84. The van der Waals surface area contributed by atoms with E-state index in [1.807, 2.05) is 36.4 Å². The molecule has 1 aliphatic carbocycles. The summed E-state index contributed by atoms with van der Waals surface area (Å²) in [6.45, 7) is 4.93. The van der Waals surface area contributed by atoms with Gasteiger partial charge in [-0.2, -0.15) is 0 Å². The highest BCUT2D eigenvalue weighted by Crippen LogP contribution is 2.49. The van der Waals surface area contributed by atoms with Crippen molar-refractivity contribution in [2.75, 3.05) is 18.0 Å². The molecular formula is C26H28N2O2. The summed E-state index contributed by atoms with van der Waals surface area (Å²) in [6.07, 6.45) is 2.73. The number of carbonyl (C=O) groups is 2. The normalized spacial score (nSPS) is 26.3. The molecule has 4 heteroatoms. The van der Waals surface area contributed by atoms with Gasteiger partial charge in [0.1, 0.15) is 0 Å². The molecule has 2 aliphatic heterocycles. The number of para-hydroxylation sites is 1. The molecule has 5 rings (SSSR count). The number of anilines is 1. The minimum Gasteiger partial charge on any atom is -0.291 e. The van der Waals surface area contributed by atoms with Crippen LogP contribution in [-0.2, 0) is 16.1 Å². The van der Waals surface area contributed by atoms with Crippen molar-refractivity contribution < 1.29 is 9.59 Å². The molecule has 2 aromatic carbocycles. The average Bonchev–Trinajstić information content (AvgIpc) is 3.27. The molecular weight excluding hydrogens is 372 g/mol. The minimum absolute atomic E-state index is 0.00251. The maximum atomic E-state index is 13.5. The molecule has 0 aromatic heterocycles. The van der Waals surface area contributed by atoms with Gasteiger partial charge in [-0.15, -0.1) is 0 Å². The van der Waals surface area contributed by atoms with Crippen LogP contribution < -0.4 is 4.90 Å². The lowest BCUT2D eigenvalue weighted by molar-refractivity contribution is -0.122. The van der Waals surface area contributed by atoms with E-state index in [0.29, 0.717) is 5.69 Å². The summed E-state index contributed by atoms with van der Waals surface area (Å²) in [5.74, 6) is -0.222. The van der Waals surface area contributed by atoms with Crippen LogP contribution >= 0.6 is 0 Å². The molecule has 30 heavy (non-hydrogen) atoms. The zero-order valence-corrected chi connectivity index (χ0v) is 17.5. The molecule has 4 nitrogen and oxygen atoms in total. The van der Waals surface area contributed by atoms with E-state index in [1.54, 1.807) is 0 Å². The molecule has 0 N–H and O–H groups in total. The Balaban J connectivity index is 1.41. The van der Waals surface area contributed by atoms with Crippen LogP contribution in [0.1, 0.15) is 31.7 Å². The summed E-state index contributed by atoms with van der Waals surface area (Å²) >= 11 is 0.